The van der Waals surface area contributed by atoms with Crippen molar-refractivity contribution in [1.29, 1.82) is 0 Å². The van der Waals surface area contributed by atoms with E-state index in [0.29, 0.717) is 17.4 Å². The minimum atomic E-state index is -0.155. The molecule has 29 heavy (non-hydrogen) atoms. The molecule has 0 aliphatic heterocycles. The van der Waals surface area contributed by atoms with Crippen molar-refractivity contribution in [2.45, 2.75) is 40.8 Å². The van der Waals surface area contributed by atoms with Crippen molar-refractivity contribution in [2.24, 2.45) is 0 Å². The van der Waals surface area contributed by atoms with Crippen LogP contribution in [0.15, 0.2) is 42.7 Å². The number of carbonyl (C=O) groups excluding carboxylic acids is 1. The van der Waals surface area contributed by atoms with Crippen molar-refractivity contribution < 1.29 is 4.79 Å². The van der Waals surface area contributed by atoms with Gasteiger partial charge in [-0.3, -0.25) is 19.4 Å². The number of aryl methyl sites for hydroxylation is 4. The lowest BCUT2D eigenvalue weighted by molar-refractivity contribution is 0.0979. The van der Waals surface area contributed by atoms with Gasteiger partial charge >= 0.3 is 0 Å². The van der Waals surface area contributed by atoms with Crippen LogP contribution in [0.25, 0.3) is 10.2 Å². The Bertz CT molecular complexity index is 1180. The molecule has 0 N–H and O–H groups in total. The van der Waals surface area contributed by atoms with Gasteiger partial charge in [0.2, 0.25) is 0 Å². The molecule has 4 aromatic rings. The summed E-state index contributed by atoms with van der Waals surface area (Å²) in [7, 11) is 0. The van der Waals surface area contributed by atoms with Crippen molar-refractivity contribution in [1.82, 2.24) is 19.7 Å². The highest BCUT2D eigenvalue weighted by Gasteiger charge is 2.25. The van der Waals surface area contributed by atoms with Crippen LogP contribution < -0.4 is 4.90 Å². The Morgan fingerprint density at radius 1 is 1.21 bits per heavy atom. The molecule has 1 aromatic carbocycles. The molecule has 148 valence electrons. The van der Waals surface area contributed by atoms with Crippen LogP contribution in [0.4, 0.5) is 5.13 Å². The monoisotopic (exact) mass is 405 g/mol. The van der Waals surface area contributed by atoms with Crippen LogP contribution in [-0.4, -0.2) is 25.7 Å². The largest absolute Gasteiger partial charge is 0.280 e. The van der Waals surface area contributed by atoms with Gasteiger partial charge < -0.3 is 0 Å². The number of hydrogen-bond donors (Lipinski definition) is 0. The SMILES string of the molecule is CCn1nc(C(=O)N(Cc2cccnc2)c2nc3cc(C)cc(C)c3s2)cc1C. The van der Waals surface area contributed by atoms with Gasteiger partial charge in [0.05, 0.1) is 16.8 Å². The first-order valence-corrected chi connectivity index (χ1v) is 10.4. The molecule has 0 radical (unpaired) electrons. The lowest BCUT2D eigenvalue weighted by atomic mass is 10.1. The molecule has 0 aliphatic carbocycles. The first kappa shape index (κ1) is 19.3. The van der Waals surface area contributed by atoms with E-state index in [1.807, 2.05) is 36.7 Å². The second-order valence-electron chi connectivity index (χ2n) is 7.17. The quantitative estimate of drug-likeness (QED) is 0.484. The topological polar surface area (TPSA) is 63.9 Å². The van der Waals surface area contributed by atoms with Gasteiger partial charge in [-0.05, 0) is 62.6 Å². The van der Waals surface area contributed by atoms with Gasteiger partial charge in [0, 0.05) is 24.6 Å². The molecule has 0 fully saturated rings. The Balaban J connectivity index is 1.79. The van der Waals surface area contributed by atoms with E-state index in [1.165, 1.54) is 16.9 Å². The summed E-state index contributed by atoms with van der Waals surface area (Å²) in [5.74, 6) is -0.155. The Morgan fingerprint density at radius 3 is 2.72 bits per heavy atom. The molecular formula is C22H23N5OS. The molecule has 4 rings (SSSR count). The smallest absolute Gasteiger partial charge is 0.278 e. The Morgan fingerprint density at radius 2 is 2.03 bits per heavy atom. The first-order valence-electron chi connectivity index (χ1n) is 9.59. The van der Waals surface area contributed by atoms with Crippen LogP contribution >= 0.6 is 11.3 Å². The highest BCUT2D eigenvalue weighted by Crippen LogP contribution is 2.33. The van der Waals surface area contributed by atoms with Crippen molar-refractivity contribution in [3.05, 3.63) is 70.8 Å². The number of carbonyl (C=O) groups is 1. The molecule has 0 unspecified atom stereocenters. The van der Waals surface area contributed by atoms with Gasteiger partial charge in [-0.2, -0.15) is 5.10 Å². The summed E-state index contributed by atoms with van der Waals surface area (Å²) in [4.78, 5) is 24.1. The van der Waals surface area contributed by atoms with E-state index in [0.717, 1.165) is 33.6 Å². The number of amides is 1. The number of aromatic nitrogens is 4. The lowest BCUT2D eigenvalue weighted by Gasteiger charge is -2.18. The minimum absolute atomic E-state index is 0.155. The zero-order valence-corrected chi connectivity index (χ0v) is 17.8. The van der Waals surface area contributed by atoms with E-state index in [9.17, 15) is 4.79 Å². The van der Waals surface area contributed by atoms with Crippen LogP contribution in [0.3, 0.4) is 0 Å². The molecule has 6 nitrogen and oxygen atoms in total. The summed E-state index contributed by atoms with van der Waals surface area (Å²) in [6, 6.07) is 9.88. The Hall–Kier alpha value is -3.06. The van der Waals surface area contributed by atoms with Gasteiger partial charge in [0.25, 0.3) is 5.91 Å². The number of rotatable bonds is 5. The molecule has 0 aliphatic rings. The molecule has 0 saturated heterocycles. The third kappa shape index (κ3) is 3.78. The molecule has 3 heterocycles. The van der Waals surface area contributed by atoms with Crippen LogP contribution in [0, 0.1) is 20.8 Å². The van der Waals surface area contributed by atoms with Crippen molar-refractivity contribution in [3.8, 4) is 0 Å². The molecule has 0 atom stereocenters. The second-order valence-corrected chi connectivity index (χ2v) is 8.14. The molecule has 1 amide bonds. The normalized spacial score (nSPS) is 11.2. The third-order valence-corrected chi connectivity index (χ3v) is 6.08. The zero-order valence-electron chi connectivity index (χ0n) is 17.0. The zero-order chi connectivity index (χ0) is 20.5. The molecule has 0 spiro atoms. The van der Waals surface area contributed by atoms with Crippen LogP contribution in [-0.2, 0) is 13.1 Å². The molecule has 3 aromatic heterocycles. The standard InChI is InChI=1S/C22H23N5OS/c1-5-27-16(4)11-19(25-27)21(28)26(13-17-7-6-8-23-12-17)22-24-18-10-14(2)9-15(3)20(18)29-22/h6-12H,5,13H2,1-4H3. The van der Waals surface area contributed by atoms with Crippen molar-refractivity contribution >= 4 is 32.6 Å². The fraction of sp³-hybridized carbons (Fsp3) is 0.273. The lowest BCUT2D eigenvalue weighted by Crippen LogP contribution is -2.30. The van der Waals surface area contributed by atoms with Gasteiger partial charge in [0.15, 0.2) is 10.8 Å². The number of fused-ring (bicyclic) bond motifs is 1. The number of thiazole rings is 1. The minimum Gasteiger partial charge on any atom is -0.278 e. The van der Waals surface area contributed by atoms with Crippen LogP contribution in [0.5, 0.6) is 0 Å². The van der Waals surface area contributed by atoms with E-state index in [-0.39, 0.29) is 5.91 Å². The fourth-order valence-corrected chi connectivity index (χ4v) is 4.47. The average molecular weight is 406 g/mol. The number of nitrogens with zero attached hydrogens (tertiary/aromatic N) is 5. The highest BCUT2D eigenvalue weighted by molar-refractivity contribution is 7.22. The van der Waals surface area contributed by atoms with Crippen LogP contribution in [0.1, 0.15) is 39.8 Å². The number of anilines is 1. The maximum atomic E-state index is 13.5. The van der Waals surface area contributed by atoms with Crippen molar-refractivity contribution in [2.75, 3.05) is 4.90 Å². The summed E-state index contributed by atoms with van der Waals surface area (Å²) in [5, 5.41) is 5.16. The van der Waals surface area contributed by atoms with E-state index in [1.54, 1.807) is 17.3 Å². The van der Waals surface area contributed by atoms with E-state index < -0.39 is 0 Å². The maximum absolute atomic E-state index is 13.5. The summed E-state index contributed by atoms with van der Waals surface area (Å²) >= 11 is 1.54. The maximum Gasteiger partial charge on any atom is 0.280 e. The van der Waals surface area contributed by atoms with Gasteiger partial charge in [0.1, 0.15) is 0 Å². The van der Waals surface area contributed by atoms with E-state index in [2.05, 4.69) is 36.1 Å². The summed E-state index contributed by atoms with van der Waals surface area (Å²) in [5.41, 5.74) is 5.59. The van der Waals surface area contributed by atoms with Gasteiger partial charge in [-0.25, -0.2) is 4.98 Å². The Labute approximate surface area is 173 Å². The third-order valence-electron chi connectivity index (χ3n) is 4.85. The number of hydrogen-bond acceptors (Lipinski definition) is 5. The molecule has 0 bridgehead atoms. The second kappa shape index (κ2) is 7.75. The molecule has 0 saturated carbocycles. The van der Waals surface area contributed by atoms with E-state index in [4.69, 9.17) is 4.98 Å². The highest BCUT2D eigenvalue weighted by atomic mass is 32.1. The van der Waals surface area contributed by atoms with Gasteiger partial charge in [-0.15, -0.1) is 0 Å². The summed E-state index contributed by atoms with van der Waals surface area (Å²) < 4.78 is 2.94. The number of pyridine rings is 1. The van der Waals surface area contributed by atoms with Crippen LogP contribution in [0.2, 0.25) is 0 Å². The fourth-order valence-electron chi connectivity index (χ4n) is 3.45. The van der Waals surface area contributed by atoms with E-state index >= 15 is 0 Å². The molecular weight excluding hydrogens is 382 g/mol. The van der Waals surface area contributed by atoms with Gasteiger partial charge in [-0.1, -0.05) is 23.5 Å². The summed E-state index contributed by atoms with van der Waals surface area (Å²) in [6.45, 7) is 9.23. The Kier molecular flexibility index (Phi) is 5.15. The van der Waals surface area contributed by atoms with Crippen molar-refractivity contribution in [3.63, 3.8) is 0 Å². The predicted molar refractivity (Wildman–Crippen MR) is 116 cm³/mol. The first-order chi connectivity index (χ1) is 14.0. The summed E-state index contributed by atoms with van der Waals surface area (Å²) in [6.07, 6.45) is 3.50. The number of benzene rings is 1. The average Bonchev–Trinajstić information content (AvgIpc) is 3.29. The molecule has 7 heteroatoms. The predicted octanol–water partition coefficient (Wildman–Crippen LogP) is 4.68.